The normalized spacial score (nSPS) is 11.4. The number of H-pyrrole nitrogens is 1. The van der Waals surface area contributed by atoms with Crippen molar-refractivity contribution in [3.05, 3.63) is 48.2 Å². The molecule has 3 heterocycles. The lowest BCUT2D eigenvalue weighted by molar-refractivity contribution is 1.22. The van der Waals surface area contributed by atoms with Crippen LogP contribution in [0, 0.1) is 6.92 Å². The van der Waals surface area contributed by atoms with Gasteiger partial charge in [0, 0.05) is 10.4 Å². The molecule has 0 unspecified atom stereocenters. The van der Waals surface area contributed by atoms with E-state index in [0.717, 1.165) is 27.6 Å². The van der Waals surface area contributed by atoms with Gasteiger partial charge in [-0.1, -0.05) is 18.2 Å². The number of aromatic nitrogens is 3. The number of nitrogens with one attached hydrogen (secondary N) is 1. The van der Waals surface area contributed by atoms with Gasteiger partial charge >= 0.3 is 0 Å². The molecule has 0 spiro atoms. The molecule has 3 aromatic heterocycles. The van der Waals surface area contributed by atoms with Crippen molar-refractivity contribution in [1.29, 1.82) is 0 Å². The highest BCUT2D eigenvalue weighted by Crippen LogP contribution is 2.32. The summed E-state index contributed by atoms with van der Waals surface area (Å²) in [5, 5.41) is 1.26. The Labute approximate surface area is 114 Å². The molecular weight excluding hydrogens is 254 g/mol. The van der Waals surface area contributed by atoms with Crippen LogP contribution in [0.5, 0.6) is 0 Å². The molecular formula is C15H11N3S. The molecule has 0 saturated carbocycles. The van der Waals surface area contributed by atoms with Crippen LogP contribution in [0.15, 0.2) is 42.5 Å². The fraction of sp³-hybridized carbons (Fsp3) is 0.0667. The van der Waals surface area contributed by atoms with Crippen molar-refractivity contribution in [3.63, 3.8) is 0 Å². The fourth-order valence-corrected chi connectivity index (χ4v) is 3.21. The van der Waals surface area contributed by atoms with Crippen molar-refractivity contribution in [3.8, 4) is 10.7 Å². The van der Waals surface area contributed by atoms with E-state index in [0.29, 0.717) is 0 Å². The second-order valence-corrected chi connectivity index (χ2v) is 5.64. The highest BCUT2D eigenvalue weighted by Gasteiger charge is 2.09. The Bertz CT molecular complexity index is 856. The Morgan fingerprint density at radius 3 is 2.84 bits per heavy atom. The van der Waals surface area contributed by atoms with Gasteiger partial charge in [-0.15, -0.1) is 11.3 Å². The first-order valence-electron chi connectivity index (χ1n) is 6.12. The van der Waals surface area contributed by atoms with Crippen LogP contribution >= 0.6 is 11.3 Å². The Kier molecular flexibility index (Phi) is 2.19. The van der Waals surface area contributed by atoms with Crippen molar-refractivity contribution < 1.29 is 0 Å². The summed E-state index contributed by atoms with van der Waals surface area (Å²) in [4.78, 5) is 13.5. The van der Waals surface area contributed by atoms with Gasteiger partial charge in [0.2, 0.25) is 0 Å². The molecule has 0 atom stereocenters. The molecule has 4 heteroatoms. The first-order chi connectivity index (χ1) is 9.29. The fourth-order valence-electron chi connectivity index (χ4n) is 2.20. The Morgan fingerprint density at radius 1 is 1.05 bits per heavy atom. The Morgan fingerprint density at radius 2 is 1.95 bits per heavy atom. The first kappa shape index (κ1) is 10.7. The second kappa shape index (κ2) is 3.90. The van der Waals surface area contributed by atoms with E-state index in [1.54, 1.807) is 11.3 Å². The summed E-state index contributed by atoms with van der Waals surface area (Å²) in [6, 6.07) is 14.6. The maximum absolute atomic E-state index is 4.58. The Hall–Kier alpha value is -2.20. The van der Waals surface area contributed by atoms with Crippen molar-refractivity contribution in [1.82, 2.24) is 15.0 Å². The number of aryl methyl sites for hydroxylation is 1. The number of nitrogens with zero attached hydrogens (tertiary/aromatic N) is 2. The van der Waals surface area contributed by atoms with Gasteiger partial charge in [0.25, 0.3) is 0 Å². The van der Waals surface area contributed by atoms with Gasteiger partial charge in [0.05, 0.1) is 10.4 Å². The number of imidazole rings is 1. The molecule has 0 aliphatic rings. The quantitative estimate of drug-likeness (QED) is 0.561. The third-order valence-electron chi connectivity index (χ3n) is 3.14. The predicted molar refractivity (Wildman–Crippen MR) is 79.4 cm³/mol. The maximum atomic E-state index is 4.58. The topological polar surface area (TPSA) is 41.6 Å². The minimum atomic E-state index is 0.785. The van der Waals surface area contributed by atoms with E-state index in [4.69, 9.17) is 0 Å². The van der Waals surface area contributed by atoms with E-state index < -0.39 is 0 Å². The van der Waals surface area contributed by atoms with Gasteiger partial charge in [-0.25, -0.2) is 9.97 Å². The van der Waals surface area contributed by atoms with Crippen molar-refractivity contribution in [2.24, 2.45) is 0 Å². The monoisotopic (exact) mass is 265 g/mol. The number of pyridine rings is 1. The van der Waals surface area contributed by atoms with Crippen LogP contribution in [-0.2, 0) is 0 Å². The van der Waals surface area contributed by atoms with Gasteiger partial charge in [-0.2, -0.15) is 0 Å². The summed E-state index contributed by atoms with van der Waals surface area (Å²) in [5.41, 5.74) is 2.76. The molecule has 0 amide bonds. The molecule has 3 nitrogen and oxygen atoms in total. The van der Waals surface area contributed by atoms with Crippen LogP contribution in [-0.4, -0.2) is 15.0 Å². The lowest BCUT2D eigenvalue weighted by atomic mass is 10.2. The predicted octanol–water partition coefficient (Wildman–Crippen LogP) is 4.15. The summed E-state index contributed by atoms with van der Waals surface area (Å²) in [6.45, 7) is 1.98. The van der Waals surface area contributed by atoms with Gasteiger partial charge in [0.15, 0.2) is 11.5 Å². The van der Waals surface area contributed by atoms with E-state index in [1.165, 1.54) is 10.1 Å². The molecule has 0 bridgehead atoms. The molecule has 4 aromatic rings. The number of thiophene rings is 1. The molecule has 0 radical (unpaired) electrons. The third kappa shape index (κ3) is 1.72. The summed E-state index contributed by atoms with van der Waals surface area (Å²) in [6.07, 6.45) is 0. The molecule has 0 fully saturated rings. The van der Waals surface area contributed by atoms with Gasteiger partial charge in [0.1, 0.15) is 0 Å². The summed E-state index contributed by atoms with van der Waals surface area (Å²) in [7, 11) is 0. The van der Waals surface area contributed by atoms with Crippen LogP contribution in [0.3, 0.4) is 0 Å². The van der Waals surface area contributed by atoms with Crippen LogP contribution in [0.25, 0.3) is 32.0 Å². The van der Waals surface area contributed by atoms with Crippen LogP contribution in [0.4, 0.5) is 0 Å². The molecule has 1 N–H and O–H groups in total. The van der Waals surface area contributed by atoms with Crippen molar-refractivity contribution in [2.75, 3.05) is 0 Å². The van der Waals surface area contributed by atoms with Crippen molar-refractivity contribution in [2.45, 2.75) is 6.92 Å². The van der Waals surface area contributed by atoms with E-state index in [2.05, 4.69) is 45.3 Å². The first-order valence-corrected chi connectivity index (χ1v) is 6.93. The molecule has 1 aromatic carbocycles. The summed E-state index contributed by atoms with van der Waals surface area (Å²) in [5.74, 6) is 0.898. The summed E-state index contributed by atoms with van der Waals surface area (Å²) >= 11 is 1.75. The zero-order chi connectivity index (χ0) is 12.8. The van der Waals surface area contributed by atoms with Gasteiger partial charge in [-0.05, 0) is 36.6 Å². The van der Waals surface area contributed by atoms with E-state index >= 15 is 0 Å². The van der Waals surface area contributed by atoms with Gasteiger partial charge in [-0.3, -0.25) is 0 Å². The smallest absolute Gasteiger partial charge is 0.178 e. The number of hydrogen-bond donors (Lipinski definition) is 1. The zero-order valence-electron chi connectivity index (χ0n) is 10.3. The standard InChI is InChI=1S/C15H11N3S/c1-9-6-7-11-14(16-9)18-15(17-11)13-8-10-4-2-3-5-12(10)19-13/h2-8H,1H3,(H,16,17,18). The number of aromatic amines is 1. The number of benzene rings is 1. The average Bonchev–Trinajstić information content (AvgIpc) is 3.00. The summed E-state index contributed by atoms with van der Waals surface area (Å²) < 4.78 is 1.28. The van der Waals surface area contributed by atoms with Gasteiger partial charge < -0.3 is 4.98 Å². The lowest BCUT2D eigenvalue weighted by Gasteiger charge is -1.88. The highest BCUT2D eigenvalue weighted by atomic mass is 32.1. The van der Waals surface area contributed by atoms with E-state index in [9.17, 15) is 0 Å². The minimum absolute atomic E-state index is 0.785. The minimum Gasteiger partial charge on any atom is -0.336 e. The van der Waals surface area contributed by atoms with Crippen molar-refractivity contribution >= 4 is 32.6 Å². The van der Waals surface area contributed by atoms with Crippen LogP contribution < -0.4 is 0 Å². The van der Waals surface area contributed by atoms with Crippen LogP contribution in [0.2, 0.25) is 0 Å². The maximum Gasteiger partial charge on any atom is 0.178 e. The van der Waals surface area contributed by atoms with Crippen LogP contribution in [0.1, 0.15) is 5.69 Å². The van der Waals surface area contributed by atoms with E-state index in [1.807, 2.05) is 19.1 Å². The molecule has 0 aliphatic carbocycles. The second-order valence-electron chi connectivity index (χ2n) is 4.56. The molecule has 19 heavy (non-hydrogen) atoms. The average molecular weight is 265 g/mol. The van der Waals surface area contributed by atoms with E-state index in [-0.39, 0.29) is 0 Å². The number of hydrogen-bond acceptors (Lipinski definition) is 3. The highest BCUT2D eigenvalue weighted by molar-refractivity contribution is 7.22. The zero-order valence-corrected chi connectivity index (χ0v) is 11.2. The third-order valence-corrected chi connectivity index (χ3v) is 4.27. The number of fused-ring (bicyclic) bond motifs is 2. The number of rotatable bonds is 1. The molecule has 0 saturated heterocycles. The largest absolute Gasteiger partial charge is 0.336 e. The Balaban J connectivity index is 1.93. The SMILES string of the molecule is Cc1ccc2[nH]c(-c3cc4ccccc4s3)nc2n1. The molecule has 92 valence electrons. The lowest BCUT2D eigenvalue weighted by Crippen LogP contribution is -1.80. The molecule has 4 rings (SSSR count). The molecule has 0 aliphatic heterocycles.